The highest BCUT2D eigenvalue weighted by Crippen LogP contribution is 2.17. The van der Waals surface area contributed by atoms with Gasteiger partial charge in [-0.15, -0.1) is 0 Å². The average Bonchev–Trinajstić information content (AvgIpc) is 2.73. The normalized spacial score (nSPS) is 21.1. The van der Waals surface area contributed by atoms with E-state index in [0.29, 0.717) is 17.1 Å². The van der Waals surface area contributed by atoms with Crippen molar-refractivity contribution in [2.24, 2.45) is 0 Å². The van der Waals surface area contributed by atoms with Gasteiger partial charge in [0.1, 0.15) is 0 Å². The number of anilines is 1. The molecule has 1 aliphatic heterocycles. The van der Waals surface area contributed by atoms with Gasteiger partial charge in [-0.05, 0) is 37.7 Å². The second-order valence-corrected chi connectivity index (χ2v) is 7.69. The Hall–Kier alpha value is -1.11. The van der Waals surface area contributed by atoms with Gasteiger partial charge in [0, 0.05) is 16.8 Å². The lowest BCUT2D eigenvalue weighted by molar-refractivity contribution is -0.117. The number of rotatable bonds is 4. The third kappa shape index (κ3) is 4.19. The van der Waals surface area contributed by atoms with Crippen LogP contribution >= 0.6 is 11.6 Å². The number of sulfone groups is 1. The van der Waals surface area contributed by atoms with Gasteiger partial charge in [-0.1, -0.05) is 11.6 Å². The van der Waals surface area contributed by atoms with Crippen LogP contribution in [0.2, 0.25) is 5.02 Å². The fourth-order valence-corrected chi connectivity index (χ4v) is 4.14. The van der Waals surface area contributed by atoms with Crippen LogP contribution in [0.4, 0.5) is 5.69 Å². The zero-order valence-corrected chi connectivity index (χ0v) is 12.7. The number of nitrogens with one attached hydrogen (secondary N) is 1. The summed E-state index contributed by atoms with van der Waals surface area (Å²) in [6.07, 6.45) is 0.590. The minimum atomic E-state index is -2.93. The maximum absolute atomic E-state index is 11.9. The number of halogens is 1. The second kappa shape index (κ2) is 6.11. The first-order valence-electron chi connectivity index (χ1n) is 6.32. The monoisotopic (exact) mass is 316 g/mol. The lowest BCUT2D eigenvalue weighted by Crippen LogP contribution is -2.38. The Labute approximate surface area is 123 Å². The summed E-state index contributed by atoms with van der Waals surface area (Å²) in [4.78, 5) is 13.7. The third-order valence-electron chi connectivity index (χ3n) is 3.35. The molecule has 0 bridgehead atoms. The quantitative estimate of drug-likeness (QED) is 0.912. The van der Waals surface area contributed by atoms with Crippen molar-refractivity contribution in [3.05, 3.63) is 29.3 Å². The molecule has 0 aliphatic carbocycles. The van der Waals surface area contributed by atoms with Crippen LogP contribution in [-0.4, -0.2) is 50.4 Å². The van der Waals surface area contributed by atoms with Gasteiger partial charge in [0.15, 0.2) is 9.84 Å². The highest BCUT2D eigenvalue weighted by molar-refractivity contribution is 7.91. The Morgan fingerprint density at radius 2 is 2.05 bits per heavy atom. The lowest BCUT2D eigenvalue weighted by Gasteiger charge is -2.22. The van der Waals surface area contributed by atoms with Crippen LogP contribution in [0.5, 0.6) is 0 Å². The zero-order chi connectivity index (χ0) is 14.8. The molecule has 0 aromatic heterocycles. The molecule has 1 aliphatic rings. The molecule has 1 saturated heterocycles. The molecule has 0 spiro atoms. The highest BCUT2D eigenvalue weighted by Gasteiger charge is 2.31. The first-order chi connectivity index (χ1) is 9.35. The topological polar surface area (TPSA) is 66.5 Å². The molecular formula is C13H17ClN2O3S. The molecule has 20 heavy (non-hydrogen) atoms. The Bertz CT molecular complexity index is 586. The van der Waals surface area contributed by atoms with Crippen molar-refractivity contribution < 1.29 is 13.2 Å². The molecule has 1 unspecified atom stereocenters. The van der Waals surface area contributed by atoms with Gasteiger partial charge in [0.05, 0.1) is 18.1 Å². The molecule has 1 heterocycles. The fraction of sp³-hybridized carbons (Fsp3) is 0.462. The maximum atomic E-state index is 11.9. The van der Waals surface area contributed by atoms with Crippen molar-refractivity contribution in [1.82, 2.24) is 4.90 Å². The smallest absolute Gasteiger partial charge is 0.238 e. The predicted molar refractivity (Wildman–Crippen MR) is 79.8 cm³/mol. The summed E-state index contributed by atoms with van der Waals surface area (Å²) < 4.78 is 22.8. The van der Waals surface area contributed by atoms with E-state index in [0.717, 1.165) is 0 Å². The Morgan fingerprint density at radius 3 is 2.60 bits per heavy atom. The molecular weight excluding hydrogens is 300 g/mol. The zero-order valence-electron chi connectivity index (χ0n) is 11.2. The third-order valence-corrected chi connectivity index (χ3v) is 5.36. The second-order valence-electron chi connectivity index (χ2n) is 5.03. The van der Waals surface area contributed by atoms with E-state index >= 15 is 0 Å². The van der Waals surface area contributed by atoms with Gasteiger partial charge in [-0.3, -0.25) is 9.69 Å². The Balaban J connectivity index is 1.87. The van der Waals surface area contributed by atoms with Crippen molar-refractivity contribution in [3.8, 4) is 0 Å². The van der Waals surface area contributed by atoms with Crippen LogP contribution in [0.3, 0.4) is 0 Å². The minimum Gasteiger partial charge on any atom is -0.325 e. The molecule has 5 nitrogen and oxygen atoms in total. The molecule has 1 aromatic rings. The first-order valence-corrected chi connectivity index (χ1v) is 8.52. The van der Waals surface area contributed by atoms with Crippen molar-refractivity contribution in [1.29, 1.82) is 0 Å². The van der Waals surface area contributed by atoms with E-state index < -0.39 is 9.84 Å². The Kier molecular flexibility index (Phi) is 4.67. The van der Waals surface area contributed by atoms with Gasteiger partial charge in [0.25, 0.3) is 0 Å². The van der Waals surface area contributed by atoms with Crippen LogP contribution in [0, 0.1) is 0 Å². The van der Waals surface area contributed by atoms with E-state index in [9.17, 15) is 13.2 Å². The van der Waals surface area contributed by atoms with Crippen LogP contribution < -0.4 is 5.32 Å². The molecule has 110 valence electrons. The fourth-order valence-electron chi connectivity index (χ4n) is 2.21. The summed E-state index contributed by atoms with van der Waals surface area (Å²) in [5.41, 5.74) is 0.673. The summed E-state index contributed by atoms with van der Waals surface area (Å²) in [5, 5.41) is 3.36. The van der Waals surface area contributed by atoms with Crippen LogP contribution in [-0.2, 0) is 14.6 Å². The predicted octanol–water partition coefficient (Wildman–Crippen LogP) is 1.40. The summed E-state index contributed by atoms with van der Waals surface area (Å²) in [6.45, 7) is 0.169. The average molecular weight is 317 g/mol. The summed E-state index contributed by atoms with van der Waals surface area (Å²) in [6, 6.07) is 6.77. The van der Waals surface area contributed by atoms with E-state index in [1.54, 1.807) is 36.2 Å². The summed E-state index contributed by atoms with van der Waals surface area (Å²) in [5.74, 6) is 0.178. The van der Waals surface area contributed by atoms with Crippen LogP contribution in [0.25, 0.3) is 0 Å². The molecule has 2 rings (SSSR count). The highest BCUT2D eigenvalue weighted by atomic mass is 35.5. The number of nitrogens with zero attached hydrogens (tertiary/aromatic N) is 1. The molecule has 1 atom stereocenters. The van der Waals surface area contributed by atoms with Gasteiger partial charge >= 0.3 is 0 Å². The molecule has 1 aromatic carbocycles. The van der Waals surface area contributed by atoms with Gasteiger partial charge in [-0.2, -0.15) is 0 Å². The molecule has 1 N–H and O–H groups in total. The van der Waals surface area contributed by atoms with Gasteiger partial charge in [-0.25, -0.2) is 8.42 Å². The Morgan fingerprint density at radius 1 is 1.40 bits per heavy atom. The maximum Gasteiger partial charge on any atom is 0.238 e. The van der Waals surface area contributed by atoms with E-state index in [1.165, 1.54) is 0 Å². The summed E-state index contributed by atoms with van der Waals surface area (Å²) >= 11 is 5.77. The van der Waals surface area contributed by atoms with Gasteiger partial charge < -0.3 is 5.32 Å². The van der Waals surface area contributed by atoms with Crippen LogP contribution in [0.1, 0.15) is 6.42 Å². The minimum absolute atomic E-state index is 0.0732. The largest absolute Gasteiger partial charge is 0.325 e. The first kappa shape index (κ1) is 15.3. The number of carbonyl (C=O) groups is 1. The van der Waals surface area contributed by atoms with Crippen LogP contribution in [0.15, 0.2) is 24.3 Å². The SMILES string of the molecule is CN(CC(=O)Nc1ccc(Cl)cc1)C1CCS(=O)(=O)C1. The standard InChI is InChI=1S/C13H17ClN2O3S/c1-16(12-6-7-20(18,19)9-12)8-13(17)15-11-4-2-10(14)3-5-11/h2-5,12H,6-9H2,1H3,(H,15,17). The number of benzene rings is 1. The molecule has 1 fully saturated rings. The lowest BCUT2D eigenvalue weighted by atomic mass is 10.2. The number of hydrogen-bond donors (Lipinski definition) is 1. The van der Waals surface area contributed by atoms with E-state index in [4.69, 9.17) is 11.6 Å². The van der Waals surface area contributed by atoms with E-state index in [2.05, 4.69) is 5.32 Å². The number of carbonyl (C=O) groups excluding carboxylic acids is 1. The van der Waals surface area contributed by atoms with Crippen molar-refractivity contribution in [2.75, 3.05) is 30.4 Å². The molecule has 0 radical (unpaired) electrons. The summed E-state index contributed by atoms with van der Waals surface area (Å²) in [7, 11) is -1.16. The van der Waals surface area contributed by atoms with Crippen molar-refractivity contribution in [3.63, 3.8) is 0 Å². The number of amides is 1. The number of likely N-dealkylation sites (N-methyl/N-ethyl adjacent to an activating group) is 1. The van der Waals surface area contributed by atoms with Crippen molar-refractivity contribution >= 4 is 33.0 Å². The van der Waals surface area contributed by atoms with E-state index in [-0.39, 0.29) is 30.0 Å². The number of hydrogen-bond acceptors (Lipinski definition) is 4. The molecule has 7 heteroatoms. The molecule has 1 amide bonds. The van der Waals surface area contributed by atoms with Gasteiger partial charge in [0.2, 0.25) is 5.91 Å². The van der Waals surface area contributed by atoms with Crippen molar-refractivity contribution in [2.45, 2.75) is 12.5 Å². The van der Waals surface area contributed by atoms with E-state index in [1.807, 2.05) is 0 Å². The molecule has 0 saturated carbocycles.